The van der Waals surface area contributed by atoms with Gasteiger partial charge in [-0.2, -0.15) is 5.26 Å². The molecule has 0 fully saturated rings. The van der Waals surface area contributed by atoms with Crippen LogP contribution in [-0.4, -0.2) is 10.9 Å². The van der Waals surface area contributed by atoms with Gasteiger partial charge in [0.2, 0.25) is 5.89 Å². The molecule has 30 heavy (non-hydrogen) atoms. The molecule has 5 nitrogen and oxygen atoms in total. The van der Waals surface area contributed by atoms with E-state index in [1.807, 2.05) is 51.1 Å². The van der Waals surface area contributed by atoms with Gasteiger partial charge in [-0.3, -0.25) is 4.79 Å². The number of halogens is 1. The SMILES string of the molecule is Cc1cc(C)c2oc(-c3ccc(C)c(NC(=O)c4ccc(C#N)cc4F)c3)nc2c1. The number of rotatable bonds is 3. The maximum Gasteiger partial charge on any atom is 0.258 e. The molecule has 1 amide bonds. The van der Waals surface area contributed by atoms with Crippen molar-refractivity contribution in [3.63, 3.8) is 0 Å². The Labute approximate surface area is 172 Å². The van der Waals surface area contributed by atoms with Crippen molar-refractivity contribution in [2.24, 2.45) is 0 Å². The second kappa shape index (κ2) is 7.45. The number of fused-ring (bicyclic) bond motifs is 1. The third-order valence-corrected chi connectivity index (χ3v) is 4.90. The fourth-order valence-corrected chi connectivity index (χ4v) is 3.35. The van der Waals surface area contributed by atoms with E-state index in [0.717, 1.165) is 33.9 Å². The smallest absolute Gasteiger partial charge is 0.258 e. The molecular formula is C24H18FN3O2. The van der Waals surface area contributed by atoms with Crippen molar-refractivity contribution < 1.29 is 13.6 Å². The average molecular weight is 399 g/mol. The number of anilines is 1. The molecule has 0 aliphatic heterocycles. The minimum Gasteiger partial charge on any atom is -0.436 e. The maximum atomic E-state index is 14.2. The number of carbonyl (C=O) groups excluding carboxylic acids is 1. The van der Waals surface area contributed by atoms with E-state index in [-0.39, 0.29) is 11.1 Å². The lowest BCUT2D eigenvalue weighted by Gasteiger charge is -2.10. The van der Waals surface area contributed by atoms with Crippen molar-refractivity contribution in [1.82, 2.24) is 4.98 Å². The van der Waals surface area contributed by atoms with Gasteiger partial charge in [-0.15, -0.1) is 0 Å². The van der Waals surface area contributed by atoms with Gasteiger partial charge in [0.15, 0.2) is 5.58 Å². The molecule has 3 aromatic carbocycles. The van der Waals surface area contributed by atoms with E-state index < -0.39 is 11.7 Å². The summed E-state index contributed by atoms with van der Waals surface area (Å²) in [6.07, 6.45) is 0. The van der Waals surface area contributed by atoms with E-state index in [0.29, 0.717) is 17.1 Å². The maximum absolute atomic E-state index is 14.2. The van der Waals surface area contributed by atoms with Gasteiger partial charge in [-0.25, -0.2) is 9.37 Å². The Balaban J connectivity index is 1.68. The zero-order valence-corrected chi connectivity index (χ0v) is 16.7. The first-order chi connectivity index (χ1) is 14.4. The lowest BCUT2D eigenvalue weighted by molar-refractivity contribution is 0.102. The van der Waals surface area contributed by atoms with Crippen molar-refractivity contribution >= 4 is 22.7 Å². The fraction of sp³-hybridized carbons (Fsp3) is 0.125. The molecule has 0 spiro atoms. The van der Waals surface area contributed by atoms with Crippen LogP contribution in [0.3, 0.4) is 0 Å². The van der Waals surface area contributed by atoms with Crippen LogP contribution in [-0.2, 0) is 0 Å². The molecule has 1 aromatic heterocycles. The quantitative estimate of drug-likeness (QED) is 0.480. The van der Waals surface area contributed by atoms with Gasteiger partial charge in [0.25, 0.3) is 5.91 Å². The summed E-state index contributed by atoms with van der Waals surface area (Å²) in [7, 11) is 0. The van der Waals surface area contributed by atoms with Gasteiger partial charge in [-0.05, 0) is 73.9 Å². The monoisotopic (exact) mass is 399 g/mol. The Bertz CT molecular complexity index is 1350. The highest BCUT2D eigenvalue weighted by molar-refractivity contribution is 6.05. The number of benzene rings is 3. The molecule has 4 rings (SSSR count). The molecule has 0 saturated carbocycles. The summed E-state index contributed by atoms with van der Waals surface area (Å²) in [6, 6.07) is 15.0. The Kier molecular flexibility index (Phi) is 4.80. The molecule has 1 heterocycles. The highest BCUT2D eigenvalue weighted by atomic mass is 19.1. The van der Waals surface area contributed by atoms with Crippen LogP contribution in [0.2, 0.25) is 0 Å². The predicted octanol–water partition coefficient (Wildman–Crippen LogP) is 5.68. The van der Waals surface area contributed by atoms with Gasteiger partial charge < -0.3 is 9.73 Å². The topological polar surface area (TPSA) is 78.9 Å². The summed E-state index contributed by atoms with van der Waals surface area (Å²) in [5.74, 6) is -0.898. The van der Waals surface area contributed by atoms with Crippen LogP contribution in [0.1, 0.15) is 32.6 Å². The third kappa shape index (κ3) is 3.53. The summed E-state index contributed by atoms with van der Waals surface area (Å²) >= 11 is 0. The van der Waals surface area contributed by atoms with Gasteiger partial charge in [0, 0.05) is 11.3 Å². The first kappa shape index (κ1) is 19.3. The number of hydrogen-bond donors (Lipinski definition) is 1. The molecule has 0 bridgehead atoms. The van der Waals surface area contributed by atoms with Gasteiger partial charge in [-0.1, -0.05) is 12.1 Å². The zero-order chi connectivity index (χ0) is 21.4. The minimum absolute atomic E-state index is 0.133. The van der Waals surface area contributed by atoms with E-state index >= 15 is 0 Å². The summed E-state index contributed by atoms with van der Waals surface area (Å²) in [5, 5.41) is 11.6. The summed E-state index contributed by atoms with van der Waals surface area (Å²) in [4.78, 5) is 17.2. The Morgan fingerprint density at radius 3 is 2.60 bits per heavy atom. The molecule has 1 N–H and O–H groups in total. The van der Waals surface area contributed by atoms with E-state index in [1.165, 1.54) is 12.1 Å². The first-order valence-corrected chi connectivity index (χ1v) is 9.35. The third-order valence-electron chi connectivity index (χ3n) is 4.90. The number of oxazole rings is 1. The number of hydrogen-bond acceptors (Lipinski definition) is 4. The van der Waals surface area contributed by atoms with E-state index in [9.17, 15) is 9.18 Å². The van der Waals surface area contributed by atoms with E-state index in [2.05, 4.69) is 10.3 Å². The molecule has 148 valence electrons. The highest BCUT2D eigenvalue weighted by Crippen LogP contribution is 2.30. The zero-order valence-electron chi connectivity index (χ0n) is 16.7. The second-order valence-electron chi connectivity index (χ2n) is 7.24. The summed E-state index contributed by atoms with van der Waals surface area (Å²) in [6.45, 7) is 5.81. The van der Waals surface area contributed by atoms with Crippen LogP contribution < -0.4 is 5.32 Å². The Morgan fingerprint density at radius 1 is 1.07 bits per heavy atom. The number of aromatic nitrogens is 1. The van der Waals surface area contributed by atoms with Crippen LogP contribution in [0.5, 0.6) is 0 Å². The van der Waals surface area contributed by atoms with E-state index in [1.54, 1.807) is 6.07 Å². The molecule has 4 aromatic rings. The number of nitrogens with zero attached hydrogens (tertiary/aromatic N) is 2. The van der Waals surface area contributed by atoms with Crippen LogP contribution in [0.4, 0.5) is 10.1 Å². The lowest BCUT2D eigenvalue weighted by atomic mass is 10.1. The minimum atomic E-state index is -0.745. The first-order valence-electron chi connectivity index (χ1n) is 9.35. The molecule has 6 heteroatoms. The molecule has 0 atom stereocenters. The fourth-order valence-electron chi connectivity index (χ4n) is 3.35. The lowest BCUT2D eigenvalue weighted by Crippen LogP contribution is -2.14. The molecule has 0 unspecified atom stereocenters. The van der Waals surface area contributed by atoms with Crippen LogP contribution in [0.25, 0.3) is 22.6 Å². The average Bonchev–Trinajstić information content (AvgIpc) is 3.13. The van der Waals surface area contributed by atoms with Crippen molar-refractivity contribution in [1.29, 1.82) is 5.26 Å². The molecule has 0 radical (unpaired) electrons. The van der Waals surface area contributed by atoms with Gasteiger partial charge in [0.1, 0.15) is 11.3 Å². The largest absolute Gasteiger partial charge is 0.436 e. The highest BCUT2D eigenvalue weighted by Gasteiger charge is 2.16. The van der Waals surface area contributed by atoms with Crippen molar-refractivity contribution in [2.45, 2.75) is 20.8 Å². The normalized spacial score (nSPS) is 10.8. The second-order valence-corrected chi connectivity index (χ2v) is 7.24. The Morgan fingerprint density at radius 2 is 1.87 bits per heavy atom. The molecule has 0 aliphatic rings. The van der Waals surface area contributed by atoms with Crippen LogP contribution in [0, 0.1) is 37.9 Å². The Hall–Kier alpha value is -3.98. The molecule has 0 aliphatic carbocycles. The summed E-state index contributed by atoms with van der Waals surface area (Å²) in [5.41, 5.74) is 5.65. The van der Waals surface area contributed by atoms with Crippen molar-refractivity contribution in [3.8, 4) is 17.5 Å². The van der Waals surface area contributed by atoms with Crippen LogP contribution in [0.15, 0.2) is 52.9 Å². The predicted molar refractivity (Wildman–Crippen MR) is 113 cm³/mol. The number of nitrogens with one attached hydrogen (secondary N) is 1. The standard InChI is InChI=1S/C24H18FN3O2/c1-13-8-15(3)22-21(9-13)28-24(30-22)17-6-4-14(2)20(11-17)27-23(29)18-7-5-16(12-26)10-19(18)25/h4-11H,1-3H3,(H,27,29). The van der Waals surface area contributed by atoms with E-state index in [4.69, 9.17) is 9.68 Å². The number of carbonyl (C=O) groups is 1. The molecular weight excluding hydrogens is 381 g/mol. The molecule has 0 saturated heterocycles. The number of nitriles is 1. The summed E-state index contributed by atoms with van der Waals surface area (Å²) < 4.78 is 20.1. The number of amides is 1. The van der Waals surface area contributed by atoms with Crippen LogP contribution >= 0.6 is 0 Å². The van der Waals surface area contributed by atoms with Crippen molar-refractivity contribution in [2.75, 3.05) is 5.32 Å². The van der Waals surface area contributed by atoms with Crippen molar-refractivity contribution in [3.05, 3.63) is 82.2 Å². The van der Waals surface area contributed by atoms with Gasteiger partial charge >= 0.3 is 0 Å². The van der Waals surface area contributed by atoms with Gasteiger partial charge in [0.05, 0.1) is 17.2 Å². The number of aryl methyl sites for hydroxylation is 3.